The van der Waals surface area contributed by atoms with Gasteiger partial charge < -0.3 is 10.2 Å². The number of benzene rings is 1. The van der Waals surface area contributed by atoms with Crippen molar-refractivity contribution in [1.82, 2.24) is 10.2 Å². The first kappa shape index (κ1) is 14.0. The van der Waals surface area contributed by atoms with Gasteiger partial charge in [-0.3, -0.25) is 4.79 Å². The first-order chi connectivity index (χ1) is 9.06. The molecule has 1 saturated heterocycles. The maximum atomic E-state index is 12.9. The fourth-order valence-electron chi connectivity index (χ4n) is 2.46. The molecule has 4 heteroatoms. The molecule has 0 radical (unpaired) electrons. The number of carbonyl (C=O) groups excluding carboxylic acids is 1. The molecule has 2 rings (SSSR count). The van der Waals surface area contributed by atoms with E-state index in [1.807, 2.05) is 18.7 Å². The largest absolute Gasteiger partial charge is 0.337 e. The van der Waals surface area contributed by atoms with Crippen molar-refractivity contribution in [2.24, 2.45) is 0 Å². The average Bonchev–Trinajstić information content (AvgIpc) is 2.36. The van der Waals surface area contributed by atoms with Crippen molar-refractivity contribution in [2.75, 3.05) is 6.54 Å². The smallest absolute Gasteiger partial charge is 0.240 e. The summed E-state index contributed by atoms with van der Waals surface area (Å²) < 4.78 is 12.9. The molecule has 0 aliphatic carbocycles. The number of hydrogen-bond donors (Lipinski definition) is 1. The fraction of sp³-hybridized carbons (Fsp3) is 0.533. The van der Waals surface area contributed by atoms with Crippen molar-refractivity contribution in [1.29, 1.82) is 0 Å². The zero-order valence-corrected chi connectivity index (χ0v) is 11.5. The SMILES string of the molecule is CC(C)NC1CCCN(Cc2ccc(F)cc2)C1=O. The van der Waals surface area contributed by atoms with Crippen molar-refractivity contribution >= 4 is 5.91 Å². The second kappa shape index (κ2) is 6.15. The van der Waals surface area contributed by atoms with Crippen LogP contribution in [0.5, 0.6) is 0 Å². The molecule has 1 atom stereocenters. The molecule has 0 aromatic heterocycles. The van der Waals surface area contributed by atoms with Crippen LogP contribution in [0, 0.1) is 5.82 Å². The Balaban J connectivity index is 1.99. The van der Waals surface area contributed by atoms with E-state index in [9.17, 15) is 9.18 Å². The summed E-state index contributed by atoms with van der Waals surface area (Å²) in [6, 6.07) is 6.58. The third kappa shape index (κ3) is 3.77. The van der Waals surface area contributed by atoms with E-state index in [1.165, 1.54) is 12.1 Å². The zero-order valence-electron chi connectivity index (χ0n) is 11.5. The second-order valence-electron chi connectivity index (χ2n) is 5.40. The number of nitrogens with zero attached hydrogens (tertiary/aromatic N) is 1. The fourth-order valence-corrected chi connectivity index (χ4v) is 2.46. The molecule has 3 nitrogen and oxygen atoms in total. The van der Waals surface area contributed by atoms with E-state index in [0.717, 1.165) is 24.9 Å². The van der Waals surface area contributed by atoms with Crippen LogP contribution in [0.4, 0.5) is 4.39 Å². The van der Waals surface area contributed by atoms with Crippen LogP contribution in [0.1, 0.15) is 32.3 Å². The van der Waals surface area contributed by atoms with E-state index < -0.39 is 0 Å². The molecule has 0 bridgehead atoms. The molecule has 1 aromatic carbocycles. The lowest BCUT2D eigenvalue weighted by atomic mass is 10.0. The van der Waals surface area contributed by atoms with Crippen LogP contribution in [0.2, 0.25) is 0 Å². The van der Waals surface area contributed by atoms with Gasteiger partial charge in [0.15, 0.2) is 0 Å². The van der Waals surface area contributed by atoms with Gasteiger partial charge in [0.1, 0.15) is 5.82 Å². The predicted octanol–water partition coefficient (Wildman–Crippen LogP) is 2.31. The molecule has 1 aliphatic rings. The molecule has 104 valence electrons. The van der Waals surface area contributed by atoms with Gasteiger partial charge in [-0.2, -0.15) is 0 Å². The van der Waals surface area contributed by atoms with E-state index in [-0.39, 0.29) is 17.8 Å². The molecule has 1 unspecified atom stereocenters. The highest BCUT2D eigenvalue weighted by molar-refractivity contribution is 5.82. The standard InChI is InChI=1S/C15H21FN2O/c1-11(2)17-14-4-3-9-18(15(14)19)10-12-5-7-13(16)8-6-12/h5-8,11,14,17H,3-4,9-10H2,1-2H3. The predicted molar refractivity (Wildman–Crippen MR) is 73.1 cm³/mol. The molecular formula is C15H21FN2O. The quantitative estimate of drug-likeness (QED) is 0.905. The van der Waals surface area contributed by atoms with Gasteiger partial charge in [0.05, 0.1) is 6.04 Å². The van der Waals surface area contributed by atoms with Gasteiger partial charge in [-0.15, -0.1) is 0 Å². The minimum atomic E-state index is -0.243. The summed E-state index contributed by atoms with van der Waals surface area (Å²) in [5.74, 6) is -0.0858. The Kier molecular flexibility index (Phi) is 4.53. The topological polar surface area (TPSA) is 32.3 Å². The molecule has 1 amide bonds. The van der Waals surface area contributed by atoms with Gasteiger partial charge in [0.2, 0.25) is 5.91 Å². The highest BCUT2D eigenvalue weighted by atomic mass is 19.1. The first-order valence-electron chi connectivity index (χ1n) is 6.85. The molecule has 0 spiro atoms. The normalized spacial score (nSPS) is 20.1. The van der Waals surface area contributed by atoms with Gasteiger partial charge in [-0.1, -0.05) is 26.0 Å². The number of nitrogens with one attached hydrogen (secondary N) is 1. The van der Waals surface area contributed by atoms with Crippen LogP contribution in [-0.4, -0.2) is 29.4 Å². The second-order valence-corrected chi connectivity index (χ2v) is 5.40. The van der Waals surface area contributed by atoms with Crippen LogP contribution in [0.3, 0.4) is 0 Å². The number of piperidine rings is 1. The van der Waals surface area contributed by atoms with E-state index in [4.69, 9.17) is 0 Å². The van der Waals surface area contributed by atoms with E-state index in [1.54, 1.807) is 12.1 Å². The molecule has 0 saturated carbocycles. The van der Waals surface area contributed by atoms with Gasteiger partial charge in [-0.25, -0.2) is 4.39 Å². The average molecular weight is 264 g/mol. The van der Waals surface area contributed by atoms with Crippen LogP contribution < -0.4 is 5.32 Å². The third-order valence-electron chi connectivity index (χ3n) is 3.35. The van der Waals surface area contributed by atoms with E-state index >= 15 is 0 Å². The van der Waals surface area contributed by atoms with Crippen molar-refractivity contribution in [3.63, 3.8) is 0 Å². The van der Waals surface area contributed by atoms with Gasteiger partial charge in [0.25, 0.3) is 0 Å². The Morgan fingerprint density at radius 3 is 2.68 bits per heavy atom. The van der Waals surface area contributed by atoms with Crippen molar-refractivity contribution in [2.45, 2.75) is 45.3 Å². The number of halogens is 1. The van der Waals surface area contributed by atoms with Gasteiger partial charge >= 0.3 is 0 Å². The van der Waals surface area contributed by atoms with Crippen LogP contribution in [0.15, 0.2) is 24.3 Å². The van der Waals surface area contributed by atoms with Crippen molar-refractivity contribution in [3.05, 3.63) is 35.6 Å². The molecule has 1 aliphatic heterocycles. The summed E-state index contributed by atoms with van der Waals surface area (Å²) in [5.41, 5.74) is 0.972. The maximum Gasteiger partial charge on any atom is 0.240 e. The van der Waals surface area contributed by atoms with Crippen molar-refractivity contribution in [3.8, 4) is 0 Å². The van der Waals surface area contributed by atoms with E-state index in [2.05, 4.69) is 5.32 Å². The highest BCUT2D eigenvalue weighted by Gasteiger charge is 2.28. The summed E-state index contributed by atoms with van der Waals surface area (Å²) >= 11 is 0. The molecule has 1 N–H and O–H groups in total. The van der Waals surface area contributed by atoms with Crippen LogP contribution in [0.25, 0.3) is 0 Å². The summed E-state index contributed by atoms with van der Waals surface area (Å²) in [4.78, 5) is 14.2. The Bertz CT molecular complexity index is 430. The number of hydrogen-bond acceptors (Lipinski definition) is 2. The maximum absolute atomic E-state index is 12.9. The molecule has 1 fully saturated rings. The summed E-state index contributed by atoms with van der Waals surface area (Å²) in [5, 5.41) is 3.31. The third-order valence-corrected chi connectivity index (χ3v) is 3.35. The minimum Gasteiger partial charge on any atom is -0.337 e. The first-order valence-corrected chi connectivity index (χ1v) is 6.85. The molecule has 1 aromatic rings. The minimum absolute atomic E-state index is 0.0748. The van der Waals surface area contributed by atoms with Crippen molar-refractivity contribution < 1.29 is 9.18 Å². The van der Waals surface area contributed by atoms with Crippen LogP contribution in [-0.2, 0) is 11.3 Å². The Morgan fingerprint density at radius 2 is 2.05 bits per heavy atom. The lowest BCUT2D eigenvalue weighted by molar-refractivity contribution is -0.136. The molecular weight excluding hydrogens is 243 g/mol. The Hall–Kier alpha value is -1.42. The number of carbonyl (C=O) groups is 1. The van der Waals surface area contributed by atoms with Gasteiger partial charge in [0, 0.05) is 19.1 Å². The summed E-state index contributed by atoms with van der Waals surface area (Å²) in [6.07, 6.45) is 1.91. The lowest BCUT2D eigenvalue weighted by Crippen LogP contribution is -2.51. The zero-order chi connectivity index (χ0) is 13.8. The number of amides is 1. The van der Waals surface area contributed by atoms with Gasteiger partial charge in [-0.05, 0) is 30.5 Å². The Labute approximate surface area is 113 Å². The number of rotatable bonds is 4. The van der Waals surface area contributed by atoms with E-state index in [0.29, 0.717) is 12.6 Å². The summed E-state index contributed by atoms with van der Waals surface area (Å²) in [7, 11) is 0. The molecule has 1 heterocycles. The number of likely N-dealkylation sites (tertiary alicyclic amines) is 1. The lowest BCUT2D eigenvalue weighted by Gasteiger charge is -2.33. The molecule has 19 heavy (non-hydrogen) atoms. The Morgan fingerprint density at radius 1 is 1.37 bits per heavy atom. The van der Waals surface area contributed by atoms with Crippen LogP contribution >= 0.6 is 0 Å². The highest BCUT2D eigenvalue weighted by Crippen LogP contribution is 2.16. The summed E-state index contributed by atoms with van der Waals surface area (Å²) in [6.45, 7) is 5.44. The monoisotopic (exact) mass is 264 g/mol.